The van der Waals surface area contributed by atoms with Gasteiger partial charge in [-0.15, -0.1) is 0 Å². The van der Waals surface area contributed by atoms with E-state index in [1.54, 1.807) is 0 Å². The molecule has 12 heteroatoms. The zero-order valence-electron chi connectivity index (χ0n) is 10.6. The van der Waals surface area contributed by atoms with E-state index in [1.807, 2.05) is 0 Å². The molecular weight excluding hydrogens is 336 g/mol. The Labute approximate surface area is 118 Å². The maximum Gasteiger partial charge on any atom is 0.326 e. The molecule has 0 amide bonds. The van der Waals surface area contributed by atoms with Crippen molar-refractivity contribution < 1.29 is 55.5 Å². The zero-order valence-corrected chi connectivity index (χ0v) is 10.6. The number of hydrogen-bond donors (Lipinski definition) is 4. The quantitative estimate of drug-likeness (QED) is 0.543. The van der Waals surface area contributed by atoms with Gasteiger partial charge in [0.2, 0.25) is 22.7 Å². The van der Waals surface area contributed by atoms with E-state index in [9.17, 15) is 35.1 Å². The van der Waals surface area contributed by atoms with E-state index < -0.39 is 60.9 Å². The van der Waals surface area contributed by atoms with Crippen LogP contribution in [0.5, 0.6) is 0 Å². The summed E-state index contributed by atoms with van der Waals surface area (Å²) in [4.78, 5) is 0. The van der Waals surface area contributed by atoms with Gasteiger partial charge in [-0.2, -0.15) is 17.6 Å². The molecule has 1 aliphatic carbocycles. The van der Waals surface area contributed by atoms with E-state index in [2.05, 4.69) is 0 Å². The van der Waals surface area contributed by atoms with Crippen molar-refractivity contribution in [2.24, 2.45) is 0 Å². The molecule has 0 heterocycles. The van der Waals surface area contributed by atoms with E-state index in [1.165, 1.54) is 0 Å². The van der Waals surface area contributed by atoms with Gasteiger partial charge in [-0.05, 0) is 0 Å². The summed E-state index contributed by atoms with van der Waals surface area (Å²) in [5, 5.41) is 34.3. The third kappa shape index (κ3) is 1.51. The van der Waals surface area contributed by atoms with Crippen molar-refractivity contribution >= 4 is 0 Å². The van der Waals surface area contributed by atoms with Crippen LogP contribution in [0.3, 0.4) is 0 Å². The fourth-order valence-corrected chi connectivity index (χ4v) is 2.52. The lowest BCUT2D eigenvalue weighted by atomic mass is 9.57. The Kier molecular flexibility index (Phi) is 4.29. The molecule has 0 aromatic rings. The van der Waals surface area contributed by atoms with Gasteiger partial charge >= 0.3 is 11.8 Å². The summed E-state index contributed by atoms with van der Waals surface area (Å²) in [6.45, 7) is -11.1. The van der Waals surface area contributed by atoms with E-state index in [4.69, 9.17) is 20.4 Å². The molecule has 0 saturated heterocycles. The Morgan fingerprint density at radius 2 is 0.545 bits per heavy atom. The molecule has 132 valence electrons. The van der Waals surface area contributed by atoms with E-state index in [0.717, 1.165) is 0 Å². The molecule has 1 saturated carbocycles. The summed E-state index contributed by atoms with van der Waals surface area (Å²) < 4.78 is 112. The van der Waals surface area contributed by atoms with Crippen molar-refractivity contribution in [3.05, 3.63) is 0 Å². The smallest absolute Gasteiger partial charge is 0.326 e. The summed E-state index contributed by atoms with van der Waals surface area (Å²) in [7, 11) is 0. The van der Waals surface area contributed by atoms with Crippen molar-refractivity contribution in [2.75, 3.05) is 26.4 Å². The normalized spacial score (nSPS) is 47.5. The zero-order chi connectivity index (χ0) is 17.8. The van der Waals surface area contributed by atoms with Crippen molar-refractivity contribution in [3.63, 3.8) is 0 Å². The van der Waals surface area contributed by atoms with Gasteiger partial charge in [-0.25, -0.2) is 17.6 Å². The van der Waals surface area contributed by atoms with Gasteiger partial charge in [0, 0.05) is 0 Å². The average molecular weight is 348 g/mol. The third-order valence-electron chi connectivity index (χ3n) is 4.12. The minimum absolute atomic E-state index is 2.76. The molecule has 0 spiro atoms. The average Bonchev–Trinajstić information content (AvgIpc) is 2.49. The van der Waals surface area contributed by atoms with Crippen LogP contribution in [0.1, 0.15) is 0 Å². The van der Waals surface area contributed by atoms with Crippen LogP contribution in [0.4, 0.5) is 35.1 Å². The molecule has 4 nitrogen and oxygen atoms in total. The highest BCUT2D eigenvalue weighted by molar-refractivity contribution is 5.34. The van der Waals surface area contributed by atoms with Gasteiger partial charge in [-0.3, -0.25) is 0 Å². The first-order chi connectivity index (χ1) is 9.74. The van der Waals surface area contributed by atoms with Crippen LogP contribution < -0.4 is 0 Å². The first-order valence-corrected chi connectivity index (χ1v) is 5.69. The van der Waals surface area contributed by atoms with Crippen molar-refractivity contribution in [1.29, 1.82) is 0 Å². The van der Waals surface area contributed by atoms with Crippen LogP contribution in [0.15, 0.2) is 0 Å². The predicted molar refractivity (Wildman–Crippen MR) is 53.6 cm³/mol. The van der Waals surface area contributed by atoms with Gasteiger partial charge < -0.3 is 20.4 Å². The van der Waals surface area contributed by atoms with E-state index in [-0.39, 0.29) is 0 Å². The second-order valence-corrected chi connectivity index (χ2v) is 4.99. The Hall–Kier alpha value is -0.720. The number of halogens is 8. The molecule has 0 aromatic carbocycles. The maximum absolute atomic E-state index is 14.2. The minimum atomic E-state index is -6.07. The molecule has 1 rings (SSSR count). The first-order valence-electron chi connectivity index (χ1n) is 5.69. The molecule has 1 fully saturated rings. The third-order valence-corrected chi connectivity index (χ3v) is 4.12. The summed E-state index contributed by atoms with van der Waals surface area (Å²) >= 11 is 0. The van der Waals surface area contributed by atoms with Gasteiger partial charge in [0.1, 0.15) is 0 Å². The van der Waals surface area contributed by atoms with Crippen molar-refractivity contribution in [2.45, 2.75) is 34.5 Å². The van der Waals surface area contributed by atoms with E-state index in [0.29, 0.717) is 0 Å². The van der Waals surface area contributed by atoms with Crippen molar-refractivity contribution in [3.8, 4) is 0 Å². The lowest BCUT2D eigenvalue weighted by molar-refractivity contribution is -0.422. The lowest BCUT2D eigenvalue weighted by Crippen LogP contribution is -2.90. The molecule has 0 radical (unpaired) electrons. The number of hydrogen-bond acceptors (Lipinski definition) is 4. The Morgan fingerprint density at radius 3 is 0.636 bits per heavy atom. The summed E-state index contributed by atoms with van der Waals surface area (Å²) in [6.07, 6.45) is 0. The van der Waals surface area contributed by atoms with E-state index >= 15 is 0 Å². The van der Waals surface area contributed by atoms with Crippen molar-refractivity contribution in [1.82, 2.24) is 0 Å². The molecule has 22 heavy (non-hydrogen) atoms. The molecule has 0 aliphatic heterocycles. The molecule has 1 aliphatic rings. The lowest BCUT2D eigenvalue weighted by Gasteiger charge is -2.59. The largest absolute Gasteiger partial charge is 0.393 e. The maximum atomic E-state index is 14.2. The Balaban J connectivity index is 3.92. The number of alkyl halides is 8. The second kappa shape index (κ2) is 4.89. The molecular formula is C10H12F8O4. The number of aliphatic hydroxyl groups is 4. The van der Waals surface area contributed by atoms with Crippen LogP contribution >= 0.6 is 0 Å². The highest BCUT2D eigenvalue weighted by Gasteiger charge is 2.96. The van der Waals surface area contributed by atoms with Crippen LogP contribution in [-0.4, -0.2) is 81.4 Å². The molecule has 4 N–H and O–H groups in total. The van der Waals surface area contributed by atoms with Gasteiger partial charge in [0.05, 0.1) is 26.4 Å². The van der Waals surface area contributed by atoms with Gasteiger partial charge in [0.25, 0.3) is 0 Å². The number of aliphatic hydroxyl groups excluding tert-OH is 4. The molecule has 4 atom stereocenters. The Morgan fingerprint density at radius 1 is 0.409 bits per heavy atom. The molecule has 4 unspecified atom stereocenters. The van der Waals surface area contributed by atoms with Gasteiger partial charge in [0.15, 0.2) is 0 Å². The molecule has 0 bridgehead atoms. The summed E-state index contributed by atoms with van der Waals surface area (Å²) in [6, 6.07) is 0. The standard InChI is InChI=1S/C10H12F8O4/c11-5(1-19)6(12,2-20)10(17,18)8(14,4-22)7(13,3-21)9(5,15)16/h19-22H,1-4H2. The van der Waals surface area contributed by atoms with Crippen LogP contribution in [-0.2, 0) is 0 Å². The predicted octanol–water partition coefficient (Wildman–Crippen LogP) is 0.0730. The van der Waals surface area contributed by atoms with Crippen LogP contribution in [0.2, 0.25) is 0 Å². The van der Waals surface area contributed by atoms with Crippen LogP contribution in [0, 0.1) is 0 Å². The molecule has 0 aromatic heterocycles. The first kappa shape index (κ1) is 19.3. The topological polar surface area (TPSA) is 80.9 Å². The summed E-state index contributed by atoms with van der Waals surface area (Å²) in [5.41, 5.74) is -21.9. The SMILES string of the molecule is OCC1(F)C(F)(F)C(F)(CO)C(F)(CO)C(F)(F)C1(F)CO. The fraction of sp³-hybridized carbons (Fsp3) is 1.00. The minimum Gasteiger partial charge on any atom is -0.393 e. The monoisotopic (exact) mass is 348 g/mol. The Bertz CT molecular complexity index is 375. The number of rotatable bonds is 4. The highest BCUT2D eigenvalue weighted by Crippen LogP contribution is 2.67. The van der Waals surface area contributed by atoms with Crippen LogP contribution in [0.25, 0.3) is 0 Å². The van der Waals surface area contributed by atoms with Gasteiger partial charge in [-0.1, -0.05) is 0 Å². The second-order valence-electron chi connectivity index (χ2n) is 4.99. The fourth-order valence-electron chi connectivity index (χ4n) is 2.52. The summed E-state index contributed by atoms with van der Waals surface area (Å²) in [5.74, 6) is -12.1. The highest BCUT2D eigenvalue weighted by atomic mass is 19.3.